The molecule has 0 atom stereocenters. The molecule has 1 fully saturated rings. The molecule has 1 aliphatic rings. The molecule has 1 aliphatic carbocycles. The van der Waals surface area contributed by atoms with E-state index >= 15 is 0 Å². The maximum absolute atomic E-state index is 12.4. The standard InChI is InChI=1S/C15H22N4O2/c1-18(2)12-6-4-11(5-7-12)10-19(3)13(20)15(8-9-15)17-14(16)21/h4-7H,8-10H2,1-3H3,(H3,16,17,21). The number of urea groups is 1. The Morgan fingerprint density at radius 1 is 1.19 bits per heavy atom. The van der Waals surface area contributed by atoms with Gasteiger partial charge in [-0.3, -0.25) is 4.79 Å². The smallest absolute Gasteiger partial charge is 0.313 e. The number of nitrogens with one attached hydrogen (secondary N) is 1. The van der Waals surface area contributed by atoms with E-state index in [0.717, 1.165) is 11.3 Å². The van der Waals surface area contributed by atoms with Gasteiger partial charge in [0.05, 0.1) is 0 Å². The van der Waals surface area contributed by atoms with E-state index in [1.165, 1.54) is 0 Å². The molecule has 6 nitrogen and oxygen atoms in total. The zero-order valence-corrected chi connectivity index (χ0v) is 12.7. The quantitative estimate of drug-likeness (QED) is 0.846. The van der Waals surface area contributed by atoms with Crippen molar-refractivity contribution in [3.63, 3.8) is 0 Å². The molecule has 0 unspecified atom stereocenters. The summed E-state index contributed by atoms with van der Waals surface area (Å²) >= 11 is 0. The highest BCUT2D eigenvalue weighted by Gasteiger charge is 2.52. The van der Waals surface area contributed by atoms with Gasteiger partial charge in [-0.2, -0.15) is 0 Å². The minimum absolute atomic E-state index is 0.0852. The van der Waals surface area contributed by atoms with Gasteiger partial charge in [-0.25, -0.2) is 4.79 Å². The minimum atomic E-state index is -0.774. The third-order valence-electron chi connectivity index (χ3n) is 3.74. The number of benzene rings is 1. The van der Waals surface area contributed by atoms with E-state index in [0.29, 0.717) is 19.4 Å². The van der Waals surface area contributed by atoms with E-state index in [4.69, 9.17) is 5.73 Å². The molecule has 2 rings (SSSR count). The first-order valence-electron chi connectivity index (χ1n) is 6.93. The molecule has 0 saturated heterocycles. The summed E-state index contributed by atoms with van der Waals surface area (Å²) in [7, 11) is 5.71. The molecule has 0 aromatic heterocycles. The van der Waals surface area contributed by atoms with Gasteiger partial charge in [0.1, 0.15) is 5.54 Å². The molecular formula is C15H22N4O2. The predicted octanol–water partition coefficient (Wildman–Crippen LogP) is 0.912. The van der Waals surface area contributed by atoms with E-state index in [1.54, 1.807) is 11.9 Å². The summed E-state index contributed by atoms with van der Waals surface area (Å²) in [6, 6.07) is 7.38. The highest BCUT2D eigenvalue weighted by Crippen LogP contribution is 2.37. The van der Waals surface area contributed by atoms with E-state index in [9.17, 15) is 9.59 Å². The zero-order chi connectivity index (χ0) is 15.6. The van der Waals surface area contributed by atoms with Crippen LogP contribution in [0.5, 0.6) is 0 Å². The number of hydrogen-bond acceptors (Lipinski definition) is 3. The molecule has 1 aromatic rings. The fourth-order valence-corrected chi connectivity index (χ4v) is 2.36. The topological polar surface area (TPSA) is 78.7 Å². The number of rotatable bonds is 5. The van der Waals surface area contributed by atoms with Crippen LogP contribution < -0.4 is 16.0 Å². The van der Waals surface area contributed by atoms with Gasteiger partial charge in [-0.05, 0) is 30.5 Å². The Morgan fingerprint density at radius 3 is 2.19 bits per heavy atom. The van der Waals surface area contributed by atoms with Crippen LogP contribution in [-0.2, 0) is 11.3 Å². The summed E-state index contributed by atoms with van der Waals surface area (Å²) in [6.07, 6.45) is 1.30. The Morgan fingerprint density at radius 2 is 1.76 bits per heavy atom. The van der Waals surface area contributed by atoms with Gasteiger partial charge < -0.3 is 20.9 Å². The minimum Gasteiger partial charge on any atom is -0.378 e. The van der Waals surface area contributed by atoms with Gasteiger partial charge in [0, 0.05) is 33.4 Å². The number of carbonyl (C=O) groups is 2. The van der Waals surface area contributed by atoms with E-state index in [1.807, 2.05) is 43.3 Å². The lowest BCUT2D eigenvalue weighted by atomic mass is 10.1. The lowest BCUT2D eigenvalue weighted by Gasteiger charge is -2.24. The summed E-state index contributed by atoms with van der Waals surface area (Å²) in [4.78, 5) is 27.0. The first-order chi connectivity index (χ1) is 9.84. The monoisotopic (exact) mass is 290 g/mol. The van der Waals surface area contributed by atoms with Crippen LogP contribution in [0.1, 0.15) is 18.4 Å². The number of amides is 3. The van der Waals surface area contributed by atoms with Crippen LogP contribution in [0.2, 0.25) is 0 Å². The molecule has 0 spiro atoms. The van der Waals surface area contributed by atoms with Crippen LogP contribution in [0, 0.1) is 0 Å². The Bertz CT molecular complexity index is 535. The third kappa shape index (κ3) is 3.45. The molecule has 3 N–H and O–H groups in total. The zero-order valence-electron chi connectivity index (χ0n) is 12.7. The molecule has 0 aliphatic heterocycles. The maximum Gasteiger partial charge on any atom is 0.313 e. The second kappa shape index (κ2) is 5.63. The van der Waals surface area contributed by atoms with Crippen molar-refractivity contribution < 1.29 is 9.59 Å². The predicted molar refractivity (Wildman–Crippen MR) is 81.9 cm³/mol. The number of nitrogens with zero attached hydrogens (tertiary/aromatic N) is 2. The summed E-state index contributed by atoms with van der Waals surface area (Å²) in [6.45, 7) is 0.509. The summed E-state index contributed by atoms with van der Waals surface area (Å²) in [5, 5.41) is 2.56. The third-order valence-corrected chi connectivity index (χ3v) is 3.74. The molecule has 114 valence electrons. The molecule has 0 radical (unpaired) electrons. The molecule has 3 amide bonds. The van der Waals surface area contributed by atoms with Gasteiger partial charge in [0.25, 0.3) is 0 Å². The van der Waals surface area contributed by atoms with Gasteiger partial charge in [0.15, 0.2) is 0 Å². The van der Waals surface area contributed by atoms with Gasteiger partial charge >= 0.3 is 6.03 Å². The maximum atomic E-state index is 12.4. The van der Waals surface area contributed by atoms with Crippen molar-refractivity contribution in [2.75, 3.05) is 26.0 Å². The first-order valence-corrected chi connectivity index (χ1v) is 6.93. The molecule has 0 bridgehead atoms. The lowest BCUT2D eigenvalue weighted by molar-refractivity contribution is -0.133. The Kier molecular flexibility index (Phi) is 4.06. The van der Waals surface area contributed by atoms with E-state index in [-0.39, 0.29) is 5.91 Å². The number of carbonyl (C=O) groups excluding carboxylic acids is 2. The Hall–Kier alpha value is -2.24. The largest absolute Gasteiger partial charge is 0.378 e. The Labute approximate surface area is 124 Å². The molecular weight excluding hydrogens is 268 g/mol. The van der Waals surface area contributed by atoms with Crippen molar-refractivity contribution >= 4 is 17.6 Å². The number of primary amides is 1. The lowest BCUT2D eigenvalue weighted by Crippen LogP contribution is -2.50. The number of nitrogens with two attached hydrogens (primary N) is 1. The molecule has 0 heterocycles. The summed E-state index contributed by atoms with van der Waals surface area (Å²) in [5.41, 5.74) is 6.52. The fraction of sp³-hybridized carbons (Fsp3) is 0.467. The highest BCUT2D eigenvalue weighted by molar-refractivity contribution is 5.93. The van der Waals surface area contributed by atoms with Crippen molar-refractivity contribution in [3.05, 3.63) is 29.8 Å². The van der Waals surface area contributed by atoms with Crippen LogP contribution in [-0.4, -0.2) is 43.5 Å². The molecule has 1 aromatic carbocycles. The molecule has 6 heteroatoms. The average Bonchev–Trinajstić information content (AvgIpc) is 3.18. The first kappa shape index (κ1) is 15.2. The summed E-state index contributed by atoms with van der Waals surface area (Å²) < 4.78 is 0. The van der Waals surface area contributed by atoms with Crippen molar-refractivity contribution in [2.45, 2.75) is 24.9 Å². The van der Waals surface area contributed by atoms with Crippen LogP contribution in [0.25, 0.3) is 0 Å². The van der Waals surface area contributed by atoms with E-state index in [2.05, 4.69) is 5.32 Å². The SMILES string of the molecule is CN(Cc1ccc(N(C)C)cc1)C(=O)C1(NC(N)=O)CC1. The van der Waals surface area contributed by atoms with Crippen LogP contribution in [0.3, 0.4) is 0 Å². The van der Waals surface area contributed by atoms with Crippen molar-refractivity contribution in [2.24, 2.45) is 5.73 Å². The average molecular weight is 290 g/mol. The van der Waals surface area contributed by atoms with Crippen molar-refractivity contribution in [1.82, 2.24) is 10.2 Å². The van der Waals surface area contributed by atoms with Crippen LogP contribution in [0.4, 0.5) is 10.5 Å². The second-order valence-electron chi connectivity index (χ2n) is 5.79. The molecule has 1 saturated carbocycles. The second-order valence-corrected chi connectivity index (χ2v) is 5.79. The highest BCUT2D eigenvalue weighted by atomic mass is 16.2. The van der Waals surface area contributed by atoms with Crippen LogP contribution in [0.15, 0.2) is 24.3 Å². The van der Waals surface area contributed by atoms with E-state index < -0.39 is 11.6 Å². The number of hydrogen-bond donors (Lipinski definition) is 2. The van der Waals surface area contributed by atoms with Gasteiger partial charge in [-0.1, -0.05) is 12.1 Å². The number of likely N-dealkylation sites (N-methyl/N-ethyl adjacent to an activating group) is 1. The molecule has 21 heavy (non-hydrogen) atoms. The Balaban J connectivity index is 1.99. The summed E-state index contributed by atoms with van der Waals surface area (Å²) in [5.74, 6) is -0.0852. The van der Waals surface area contributed by atoms with Gasteiger partial charge in [-0.15, -0.1) is 0 Å². The van der Waals surface area contributed by atoms with Crippen molar-refractivity contribution in [3.8, 4) is 0 Å². The van der Waals surface area contributed by atoms with Gasteiger partial charge in [0.2, 0.25) is 5.91 Å². The number of anilines is 1. The normalized spacial score (nSPS) is 15.2. The fourth-order valence-electron chi connectivity index (χ4n) is 2.36. The van der Waals surface area contributed by atoms with Crippen LogP contribution >= 0.6 is 0 Å². The van der Waals surface area contributed by atoms with Crippen molar-refractivity contribution in [1.29, 1.82) is 0 Å².